The molecule has 2 aromatic rings. The van der Waals surface area contributed by atoms with E-state index in [2.05, 4.69) is 28.2 Å². The normalized spacial score (nSPS) is 17.5. The van der Waals surface area contributed by atoms with Crippen LogP contribution in [0.2, 0.25) is 0 Å². The van der Waals surface area contributed by atoms with E-state index >= 15 is 0 Å². The van der Waals surface area contributed by atoms with Gasteiger partial charge in [0.1, 0.15) is 11.6 Å². The fourth-order valence-electron chi connectivity index (χ4n) is 3.23. The van der Waals surface area contributed by atoms with Gasteiger partial charge in [-0.2, -0.15) is 0 Å². The van der Waals surface area contributed by atoms with Crippen molar-refractivity contribution in [2.24, 2.45) is 0 Å². The zero-order valence-corrected chi connectivity index (χ0v) is 12.4. The Bertz CT molecular complexity index is 705. The second-order valence-corrected chi connectivity index (χ2v) is 5.71. The van der Waals surface area contributed by atoms with Gasteiger partial charge in [-0.1, -0.05) is 37.6 Å². The number of nitrogens with zero attached hydrogens (tertiary/aromatic N) is 1. The maximum atomic E-state index is 12.2. The van der Waals surface area contributed by atoms with Crippen molar-refractivity contribution in [3.8, 4) is 0 Å². The molecule has 0 aliphatic heterocycles. The van der Waals surface area contributed by atoms with Crippen LogP contribution >= 0.6 is 0 Å². The molecular weight excluding hydrogens is 262 g/mol. The molecule has 1 aromatic carbocycles. The van der Waals surface area contributed by atoms with Gasteiger partial charge in [0.2, 0.25) is 0 Å². The molecule has 0 fully saturated rings. The molecule has 1 aliphatic carbocycles. The number of benzene rings is 1. The highest BCUT2D eigenvalue weighted by Crippen LogP contribution is 2.34. The fourth-order valence-corrected chi connectivity index (χ4v) is 3.23. The third-order valence-electron chi connectivity index (χ3n) is 4.27. The van der Waals surface area contributed by atoms with Gasteiger partial charge in [-0.05, 0) is 36.8 Å². The molecule has 1 unspecified atom stereocenters. The van der Waals surface area contributed by atoms with Crippen LogP contribution in [0.4, 0.5) is 5.82 Å². The maximum absolute atomic E-state index is 12.2. The molecule has 4 heteroatoms. The minimum Gasteiger partial charge on any atom is -0.383 e. The first-order chi connectivity index (χ1) is 10.2. The molecule has 110 valence electrons. The van der Waals surface area contributed by atoms with Crippen LogP contribution < -0.4 is 11.3 Å². The van der Waals surface area contributed by atoms with E-state index in [9.17, 15) is 4.79 Å². The van der Waals surface area contributed by atoms with Crippen LogP contribution in [0.15, 0.2) is 29.1 Å². The molecule has 4 nitrogen and oxygen atoms in total. The lowest BCUT2D eigenvalue weighted by molar-refractivity contribution is 0.588. The van der Waals surface area contributed by atoms with E-state index in [0.29, 0.717) is 23.6 Å². The van der Waals surface area contributed by atoms with Crippen molar-refractivity contribution >= 4 is 5.82 Å². The Labute approximate surface area is 124 Å². The summed E-state index contributed by atoms with van der Waals surface area (Å²) in [4.78, 5) is 19.7. The van der Waals surface area contributed by atoms with Gasteiger partial charge in [-0.3, -0.25) is 4.79 Å². The van der Waals surface area contributed by atoms with Crippen molar-refractivity contribution in [2.45, 2.75) is 44.9 Å². The zero-order valence-electron chi connectivity index (χ0n) is 12.4. The number of aromatic amines is 1. The maximum Gasteiger partial charge on any atom is 0.256 e. The summed E-state index contributed by atoms with van der Waals surface area (Å²) < 4.78 is 0. The summed E-state index contributed by atoms with van der Waals surface area (Å²) in [5, 5.41) is 0. The van der Waals surface area contributed by atoms with Crippen LogP contribution in [0.25, 0.3) is 0 Å². The lowest BCUT2D eigenvalue weighted by Gasteiger charge is -2.25. The highest BCUT2D eigenvalue weighted by Gasteiger charge is 2.24. The summed E-state index contributed by atoms with van der Waals surface area (Å²) in [6, 6.07) is 8.41. The number of nitrogens with one attached hydrogen (secondary N) is 1. The largest absolute Gasteiger partial charge is 0.383 e. The molecule has 3 N–H and O–H groups in total. The Morgan fingerprint density at radius 1 is 1.38 bits per heavy atom. The number of hydrogen-bond acceptors (Lipinski definition) is 3. The molecular formula is C17H21N3O. The number of H-pyrrole nitrogens is 1. The highest BCUT2D eigenvalue weighted by atomic mass is 16.1. The molecule has 0 bridgehead atoms. The SMILES string of the molecule is CCCc1c(N)nc(C2CCCc3ccccc32)[nH]c1=O. The third kappa shape index (κ3) is 2.58. The molecule has 1 aromatic heterocycles. The van der Waals surface area contributed by atoms with Crippen molar-refractivity contribution in [2.75, 3.05) is 5.73 Å². The highest BCUT2D eigenvalue weighted by molar-refractivity contribution is 5.41. The minimum absolute atomic E-state index is 0.0811. The van der Waals surface area contributed by atoms with Crippen LogP contribution in [-0.2, 0) is 12.8 Å². The fraction of sp³-hybridized carbons (Fsp3) is 0.412. The van der Waals surface area contributed by atoms with Gasteiger partial charge in [0.15, 0.2) is 0 Å². The topological polar surface area (TPSA) is 71.8 Å². The van der Waals surface area contributed by atoms with Crippen LogP contribution in [-0.4, -0.2) is 9.97 Å². The van der Waals surface area contributed by atoms with Crippen molar-refractivity contribution in [1.82, 2.24) is 9.97 Å². The van der Waals surface area contributed by atoms with Crippen LogP contribution in [0.5, 0.6) is 0 Å². The summed E-state index contributed by atoms with van der Waals surface area (Å²) in [7, 11) is 0. The number of hydrogen-bond donors (Lipinski definition) is 2. The van der Waals surface area contributed by atoms with Gasteiger partial charge in [0.05, 0.1) is 5.56 Å². The van der Waals surface area contributed by atoms with Crippen molar-refractivity contribution < 1.29 is 0 Å². The van der Waals surface area contributed by atoms with E-state index in [1.54, 1.807) is 0 Å². The van der Waals surface area contributed by atoms with Crippen LogP contribution in [0.3, 0.4) is 0 Å². The number of rotatable bonds is 3. The predicted molar refractivity (Wildman–Crippen MR) is 84.5 cm³/mol. The Kier molecular flexibility index (Phi) is 3.78. The first kappa shape index (κ1) is 13.9. The van der Waals surface area contributed by atoms with Gasteiger partial charge >= 0.3 is 0 Å². The molecule has 0 radical (unpaired) electrons. The lowest BCUT2D eigenvalue weighted by atomic mass is 9.82. The summed E-state index contributed by atoms with van der Waals surface area (Å²) in [5.74, 6) is 1.25. The van der Waals surface area contributed by atoms with E-state index in [1.807, 2.05) is 13.0 Å². The Morgan fingerprint density at radius 2 is 2.19 bits per heavy atom. The molecule has 0 saturated carbocycles. The Balaban J connectivity index is 2.05. The number of aromatic nitrogens is 2. The predicted octanol–water partition coefficient (Wildman–Crippen LogP) is 2.77. The second kappa shape index (κ2) is 5.72. The number of nitrogens with two attached hydrogens (primary N) is 1. The minimum atomic E-state index is -0.0811. The van der Waals surface area contributed by atoms with Gasteiger partial charge < -0.3 is 10.7 Å². The average Bonchev–Trinajstić information content (AvgIpc) is 2.50. The number of anilines is 1. The lowest BCUT2D eigenvalue weighted by Crippen LogP contribution is -2.23. The van der Waals surface area contributed by atoms with Crippen LogP contribution in [0, 0.1) is 0 Å². The van der Waals surface area contributed by atoms with E-state index in [0.717, 1.165) is 25.7 Å². The van der Waals surface area contributed by atoms with Gasteiger partial charge in [-0.25, -0.2) is 4.98 Å². The number of nitrogen functional groups attached to an aromatic ring is 1. The molecule has 0 saturated heterocycles. The second-order valence-electron chi connectivity index (χ2n) is 5.71. The molecule has 3 rings (SSSR count). The monoisotopic (exact) mass is 283 g/mol. The average molecular weight is 283 g/mol. The molecule has 0 amide bonds. The quantitative estimate of drug-likeness (QED) is 0.909. The smallest absolute Gasteiger partial charge is 0.256 e. The van der Waals surface area contributed by atoms with Crippen molar-refractivity contribution in [3.63, 3.8) is 0 Å². The first-order valence-corrected chi connectivity index (χ1v) is 7.67. The molecule has 0 spiro atoms. The van der Waals surface area contributed by atoms with Gasteiger partial charge in [0, 0.05) is 5.92 Å². The summed E-state index contributed by atoms with van der Waals surface area (Å²) in [5.41, 5.74) is 9.17. The van der Waals surface area contributed by atoms with Crippen molar-refractivity contribution in [3.05, 3.63) is 57.1 Å². The number of fused-ring (bicyclic) bond motifs is 1. The first-order valence-electron chi connectivity index (χ1n) is 7.67. The summed E-state index contributed by atoms with van der Waals surface area (Å²) in [6.45, 7) is 2.03. The van der Waals surface area contributed by atoms with Gasteiger partial charge in [-0.15, -0.1) is 0 Å². The number of aryl methyl sites for hydroxylation is 1. The standard InChI is InChI=1S/C17H21N3O/c1-2-6-14-15(18)19-16(20-17(14)21)13-10-5-8-11-7-3-4-9-12(11)13/h3-4,7,9,13H,2,5-6,8,10H2,1H3,(H3,18,19,20,21). The molecule has 1 aliphatic rings. The zero-order chi connectivity index (χ0) is 14.8. The Morgan fingerprint density at radius 3 is 2.95 bits per heavy atom. The summed E-state index contributed by atoms with van der Waals surface area (Å²) in [6.07, 6.45) is 4.78. The van der Waals surface area contributed by atoms with Crippen LogP contribution in [0.1, 0.15) is 54.6 Å². The van der Waals surface area contributed by atoms with Gasteiger partial charge in [0.25, 0.3) is 5.56 Å². The summed E-state index contributed by atoms with van der Waals surface area (Å²) >= 11 is 0. The van der Waals surface area contributed by atoms with Crippen molar-refractivity contribution in [1.29, 1.82) is 0 Å². The van der Waals surface area contributed by atoms with E-state index in [-0.39, 0.29) is 11.5 Å². The Hall–Kier alpha value is -2.10. The third-order valence-corrected chi connectivity index (χ3v) is 4.27. The molecule has 1 atom stereocenters. The van der Waals surface area contributed by atoms with E-state index < -0.39 is 0 Å². The molecule has 21 heavy (non-hydrogen) atoms. The van der Waals surface area contributed by atoms with E-state index in [4.69, 9.17) is 5.73 Å². The molecule has 1 heterocycles. The van der Waals surface area contributed by atoms with E-state index in [1.165, 1.54) is 11.1 Å².